The lowest BCUT2D eigenvalue weighted by Crippen LogP contribution is -2.40. The summed E-state index contributed by atoms with van der Waals surface area (Å²) >= 11 is 0. The molecule has 0 bridgehead atoms. The van der Waals surface area contributed by atoms with Crippen molar-refractivity contribution in [2.45, 2.75) is 40.3 Å². The number of nitrogens with zero attached hydrogens (tertiary/aromatic N) is 1. The van der Waals surface area contributed by atoms with Crippen LogP contribution in [-0.4, -0.2) is 32.3 Å². The molecule has 0 spiro atoms. The van der Waals surface area contributed by atoms with Crippen molar-refractivity contribution in [1.82, 2.24) is 10.6 Å². The van der Waals surface area contributed by atoms with E-state index in [1.54, 1.807) is 7.11 Å². The van der Waals surface area contributed by atoms with Crippen molar-refractivity contribution in [3.05, 3.63) is 23.8 Å². The molecule has 0 heterocycles. The zero-order chi connectivity index (χ0) is 15.7. The lowest BCUT2D eigenvalue weighted by Gasteiger charge is -2.14. The van der Waals surface area contributed by atoms with Crippen LogP contribution >= 0.6 is 24.0 Å². The largest absolute Gasteiger partial charge is 0.493 e. The Bertz CT molecular complexity index is 465. The first-order chi connectivity index (χ1) is 10.1. The standard InChI is InChI=1S/C16H27N3O2.HI/c1-6-17-16(19-12(3)4)18-11-13-8-9-14(21-7-2)15(10-13)20-5;/h8-10,12H,6-7,11H2,1-5H3,(H2,17,18,19);1H. The highest BCUT2D eigenvalue weighted by molar-refractivity contribution is 14.0. The Morgan fingerprint density at radius 3 is 2.50 bits per heavy atom. The Balaban J connectivity index is 0.00000441. The molecule has 0 atom stereocenters. The molecule has 1 aromatic rings. The summed E-state index contributed by atoms with van der Waals surface area (Å²) in [5.74, 6) is 2.33. The van der Waals surface area contributed by atoms with Gasteiger partial charge in [0.05, 0.1) is 20.3 Å². The normalized spacial score (nSPS) is 10.9. The van der Waals surface area contributed by atoms with Gasteiger partial charge in [0.1, 0.15) is 0 Å². The fraction of sp³-hybridized carbons (Fsp3) is 0.562. The fourth-order valence-corrected chi connectivity index (χ4v) is 1.85. The van der Waals surface area contributed by atoms with Crippen molar-refractivity contribution < 1.29 is 9.47 Å². The molecule has 0 aliphatic rings. The number of aliphatic imine (C=N–C) groups is 1. The number of hydrogen-bond acceptors (Lipinski definition) is 3. The highest BCUT2D eigenvalue weighted by Crippen LogP contribution is 2.28. The minimum absolute atomic E-state index is 0. The zero-order valence-corrected chi connectivity index (χ0v) is 16.4. The second-order valence-electron chi connectivity index (χ2n) is 4.91. The molecule has 0 amide bonds. The molecular formula is C16H28IN3O2. The first kappa shape index (κ1) is 20.8. The van der Waals surface area contributed by atoms with E-state index < -0.39 is 0 Å². The predicted molar refractivity (Wildman–Crippen MR) is 103 cm³/mol. The van der Waals surface area contributed by atoms with Crippen LogP contribution in [0.5, 0.6) is 11.5 Å². The Morgan fingerprint density at radius 2 is 1.95 bits per heavy atom. The first-order valence-electron chi connectivity index (χ1n) is 7.45. The number of nitrogens with one attached hydrogen (secondary N) is 2. The van der Waals surface area contributed by atoms with Gasteiger partial charge in [-0.1, -0.05) is 6.07 Å². The molecule has 0 aromatic heterocycles. The number of methoxy groups -OCH3 is 1. The molecule has 0 aliphatic carbocycles. The molecule has 126 valence electrons. The minimum atomic E-state index is 0. The van der Waals surface area contributed by atoms with Crippen molar-refractivity contribution >= 4 is 29.9 Å². The van der Waals surface area contributed by atoms with E-state index in [2.05, 4.69) is 36.4 Å². The van der Waals surface area contributed by atoms with Gasteiger partial charge in [-0.25, -0.2) is 4.99 Å². The van der Waals surface area contributed by atoms with Crippen molar-refractivity contribution in [3.8, 4) is 11.5 Å². The summed E-state index contributed by atoms with van der Waals surface area (Å²) in [5.41, 5.74) is 1.08. The van der Waals surface area contributed by atoms with Gasteiger partial charge >= 0.3 is 0 Å². The molecule has 1 rings (SSSR count). The third-order valence-electron chi connectivity index (χ3n) is 2.72. The highest BCUT2D eigenvalue weighted by Gasteiger charge is 2.05. The van der Waals surface area contributed by atoms with E-state index in [0.717, 1.165) is 29.6 Å². The van der Waals surface area contributed by atoms with Crippen LogP contribution in [0.4, 0.5) is 0 Å². The quantitative estimate of drug-likeness (QED) is 0.404. The third kappa shape index (κ3) is 7.20. The SMILES string of the molecule is CCNC(=NCc1ccc(OCC)c(OC)c1)NC(C)C.I. The Kier molecular flexibility index (Phi) is 10.8. The van der Waals surface area contributed by atoms with E-state index in [-0.39, 0.29) is 24.0 Å². The van der Waals surface area contributed by atoms with E-state index in [4.69, 9.17) is 9.47 Å². The molecule has 0 aliphatic heterocycles. The molecule has 1 aromatic carbocycles. The first-order valence-corrected chi connectivity index (χ1v) is 7.45. The summed E-state index contributed by atoms with van der Waals surface area (Å²) in [6, 6.07) is 6.25. The molecule has 2 N–H and O–H groups in total. The zero-order valence-electron chi connectivity index (χ0n) is 14.1. The second kappa shape index (κ2) is 11.4. The summed E-state index contributed by atoms with van der Waals surface area (Å²) in [7, 11) is 1.65. The van der Waals surface area contributed by atoms with E-state index in [1.165, 1.54) is 0 Å². The number of ether oxygens (including phenoxy) is 2. The van der Waals surface area contributed by atoms with Crippen LogP contribution in [0.2, 0.25) is 0 Å². The van der Waals surface area contributed by atoms with Gasteiger partial charge < -0.3 is 20.1 Å². The summed E-state index contributed by atoms with van der Waals surface area (Å²) in [6.45, 7) is 10.2. The molecule has 6 heteroatoms. The number of benzene rings is 1. The summed E-state index contributed by atoms with van der Waals surface area (Å²) in [5, 5.41) is 6.52. The Hall–Kier alpha value is -1.18. The number of guanidine groups is 1. The van der Waals surface area contributed by atoms with Crippen molar-refractivity contribution in [3.63, 3.8) is 0 Å². The maximum atomic E-state index is 5.51. The average Bonchev–Trinajstić information content (AvgIpc) is 2.46. The van der Waals surface area contributed by atoms with E-state index in [9.17, 15) is 0 Å². The van der Waals surface area contributed by atoms with Gasteiger partial charge in [0, 0.05) is 12.6 Å². The Labute approximate surface area is 150 Å². The van der Waals surface area contributed by atoms with Crippen LogP contribution < -0.4 is 20.1 Å². The predicted octanol–water partition coefficient (Wildman–Crippen LogP) is 3.18. The van der Waals surface area contributed by atoms with Gasteiger partial charge in [0.15, 0.2) is 17.5 Å². The number of hydrogen-bond donors (Lipinski definition) is 2. The second-order valence-corrected chi connectivity index (χ2v) is 4.91. The molecule has 0 saturated carbocycles. The van der Waals surface area contributed by atoms with E-state index in [1.807, 2.05) is 25.1 Å². The maximum Gasteiger partial charge on any atom is 0.191 e. The van der Waals surface area contributed by atoms with Gasteiger partial charge in [0.25, 0.3) is 0 Å². The lowest BCUT2D eigenvalue weighted by molar-refractivity contribution is 0.310. The summed E-state index contributed by atoms with van der Waals surface area (Å²) < 4.78 is 10.9. The van der Waals surface area contributed by atoms with E-state index >= 15 is 0 Å². The summed E-state index contributed by atoms with van der Waals surface area (Å²) in [4.78, 5) is 4.57. The monoisotopic (exact) mass is 421 g/mol. The fourth-order valence-electron chi connectivity index (χ4n) is 1.85. The summed E-state index contributed by atoms with van der Waals surface area (Å²) in [6.07, 6.45) is 0. The van der Waals surface area contributed by atoms with Gasteiger partial charge in [-0.05, 0) is 45.4 Å². The maximum absolute atomic E-state index is 5.51. The molecular weight excluding hydrogens is 393 g/mol. The van der Waals surface area contributed by atoms with Crippen LogP contribution in [0.3, 0.4) is 0 Å². The van der Waals surface area contributed by atoms with Crippen LogP contribution in [0.15, 0.2) is 23.2 Å². The molecule has 5 nitrogen and oxygen atoms in total. The van der Waals surface area contributed by atoms with Crippen molar-refractivity contribution in [2.75, 3.05) is 20.3 Å². The molecule has 0 radical (unpaired) electrons. The molecule has 0 unspecified atom stereocenters. The van der Waals surface area contributed by atoms with Crippen LogP contribution in [0.1, 0.15) is 33.3 Å². The van der Waals surface area contributed by atoms with Crippen molar-refractivity contribution in [1.29, 1.82) is 0 Å². The average molecular weight is 421 g/mol. The van der Waals surface area contributed by atoms with Crippen molar-refractivity contribution in [2.24, 2.45) is 4.99 Å². The van der Waals surface area contributed by atoms with Crippen LogP contribution in [-0.2, 0) is 6.54 Å². The van der Waals surface area contributed by atoms with E-state index in [0.29, 0.717) is 19.2 Å². The van der Waals surface area contributed by atoms with Gasteiger partial charge in [-0.15, -0.1) is 24.0 Å². The lowest BCUT2D eigenvalue weighted by atomic mass is 10.2. The Morgan fingerprint density at radius 1 is 1.23 bits per heavy atom. The smallest absolute Gasteiger partial charge is 0.191 e. The van der Waals surface area contributed by atoms with Crippen LogP contribution in [0, 0.1) is 0 Å². The van der Waals surface area contributed by atoms with Gasteiger partial charge in [-0.3, -0.25) is 0 Å². The minimum Gasteiger partial charge on any atom is -0.493 e. The molecule has 22 heavy (non-hydrogen) atoms. The third-order valence-corrected chi connectivity index (χ3v) is 2.72. The molecule has 0 saturated heterocycles. The highest BCUT2D eigenvalue weighted by atomic mass is 127. The number of rotatable bonds is 7. The van der Waals surface area contributed by atoms with Gasteiger partial charge in [-0.2, -0.15) is 0 Å². The number of halogens is 1. The molecule has 0 fully saturated rings. The van der Waals surface area contributed by atoms with Crippen LogP contribution in [0.25, 0.3) is 0 Å². The topological polar surface area (TPSA) is 54.9 Å². The van der Waals surface area contributed by atoms with Gasteiger partial charge in [0.2, 0.25) is 0 Å².